The van der Waals surface area contributed by atoms with E-state index in [-0.39, 0.29) is 0 Å². The van der Waals surface area contributed by atoms with Gasteiger partial charge < -0.3 is 15.0 Å². The molecule has 4 heteroatoms. The minimum atomic E-state index is 0.578. The lowest BCUT2D eigenvalue weighted by atomic mass is 9.91. The summed E-state index contributed by atoms with van der Waals surface area (Å²) in [6.07, 6.45) is 3.57. The first kappa shape index (κ1) is 14.4. The standard InChI is InChI=1S/C17H25N3O/c1-2-3-11-20-16-9-10-18-12-14(16)13-21-17(20)19-15-7-5-4-6-8-15/h4-8,14,16,18H,2-3,9-13H2,1H3. The Labute approximate surface area is 127 Å². The summed E-state index contributed by atoms with van der Waals surface area (Å²) in [5.74, 6) is 0.588. The first-order valence-electron chi connectivity index (χ1n) is 8.12. The van der Waals surface area contributed by atoms with Gasteiger partial charge in [0.15, 0.2) is 0 Å². The third-order valence-corrected chi connectivity index (χ3v) is 4.37. The number of rotatable bonds is 4. The maximum absolute atomic E-state index is 6.00. The van der Waals surface area contributed by atoms with E-state index in [2.05, 4.69) is 17.1 Å². The lowest BCUT2D eigenvalue weighted by molar-refractivity contribution is 0.0470. The minimum Gasteiger partial charge on any atom is -0.464 e. The van der Waals surface area contributed by atoms with Crippen LogP contribution in [0, 0.1) is 5.92 Å². The number of hydrogen-bond acceptors (Lipinski definition) is 3. The summed E-state index contributed by atoms with van der Waals surface area (Å²) in [7, 11) is 0. The molecule has 114 valence electrons. The molecule has 0 amide bonds. The van der Waals surface area contributed by atoms with E-state index in [9.17, 15) is 0 Å². The summed E-state index contributed by atoms with van der Waals surface area (Å²) in [5, 5.41) is 3.48. The Bertz CT molecular complexity index is 474. The number of nitrogens with one attached hydrogen (secondary N) is 1. The molecule has 1 N–H and O–H groups in total. The van der Waals surface area contributed by atoms with Gasteiger partial charge in [-0.15, -0.1) is 0 Å². The largest absolute Gasteiger partial charge is 0.464 e. The summed E-state index contributed by atoms with van der Waals surface area (Å²) in [5.41, 5.74) is 0.974. The number of hydrogen-bond donors (Lipinski definition) is 1. The van der Waals surface area contributed by atoms with Crippen LogP contribution in [0.1, 0.15) is 26.2 Å². The Balaban J connectivity index is 1.82. The van der Waals surface area contributed by atoms with E-state index in [1.165, 1.54) is 19.3 Å². The second-order valence-corrected chi connectivity index (χ2v) is 5.91. The van der Waals surface area contributed by atoms with E-state index in [1.807, 2.05) is 30.3 Å². The lowest BCUT2D eigenvalue weighted by Crippen LogP contribution is -2.57. The Kier molecular flexibility index (Phi) is 4.76. The van der Waals surface area contributed by atoms with Crippen molar-refractivity contribution in [3.63, 3.8) is 0 Å². The quantitative estimate of drug-likeness (QED) is 0.925. The van der Waals surface area contributed by atoms with Crippen molar-refractivity contribution in [1.29, 1.82) is 0 Å². The number of aliphatic imine (C=N–C) groups is 1. The normalized spacial score (nSPS) is 27.3. The van der Waals surface area contributed by atoms with Crippen molar-refractivity contribution < 1.29 is 4.74 Å². The van der Waals surface area contributed by atoms with Crippen LogP contribution in [-0.4, -0.2) is 43.2 Å². The molecule has 0 aliphatic carbocycles. The number of piperidine rings is 1. The van der Waals surface area contributed by atoms with Gasteiger partial charge >= 0.3 is 0 Å². The van der Waals surface area contributed by atoms with E-state index in [4.69, 9.17) is 9.73 Å². The third kappa shape index (κ3) is 3.38. The Morgan fingerprint density at radius 2 is 2.19 bits per heavy atom. The fourth-order valence-corrected chi connectivity index (χ4v) is 3.20. The second kappa shape index (κ2) is 6.94. The van der Waals surface area contributed by atoms with Crippen LogP contribution < -0.4 is 5.32 Å². The number of para-hydroxylation sites is 1. The number of fused-ring (bicyclic) bond motifs is 1. The van der Waals surface area contributed by atoms with Gasteiger partial charge in [-0.25, -0.2) is 0 Å². The predicted molar refractivity (Wildman–Crippen MR) is 85.9 cm³/mol. The number of nitrogens with zero attached hydrogens (tertiary/aromatic N) is 2. The molecule has 2 heterocycles. The van der Waals surface area contributed by atoms with Gasteiger partial charge in [0.1, 0.15) is 0 Å². The van der Waals surface area contributed by atoms with E-state index in [1.54, 1.807) is 0 Å². The molecule has 2 unspecified atom stereocenters. The minimum absolute atomic E-state index is 0.578. The molecule has 0 radical (unpaired) electrons. The predicted octanol–water partition coefficient (Wildman–Crippen LogP) is 2.78. The first-order chi connectivity index (χ1) is 10.4. The highest BCUT2D eigenvalue weighted by atomic mass is 16.5. The molecule has 2 atom stereocenters. The summed E-state index contributed by atoms with van der Waals surface area (Å²) in [6, 6.07) is 11.5. The molecule has 2 saturated heterocycles. The highest BCUT2D eigenvalue weighted by molar-refractivity contribution is 5.78. The van der Waals surface area contributed by atoms with E-state index >= 15 is 0 Å². The average Bonchev–Trinajstić information content (AvgIpc) is 2.55. The molecule has 1 aromatic carbocycles. The van der Waals surface area contributed by atoms with Gasteiger partial charge in [-0.1, -0.05) is 31.5 Å². The molecule has 21 heavy (non-hydrogen) atoms. The van der Waals surface area contributed by atoms with Crippen LogP contribution >= 0.6 is 0 Å². The first-order valence-corrected chi connectivity index (χ1v) is 8.12. The fraction of sp³-hybridized carbons (Fsp3) is 0.588. The molecule has 4 nitrogen and oxygen atoms in total. The van der Waals surface area contributed by atoms with Gasteiger partial charge in [0.05, 0.1) is 12.3 Å². The SMILES string of the molecule is CCCCN1C(=Nc2ccccc2)OCC2CNCCC21. The fourth-order valence-electron chi connectivity index (χ4n) is 3.20. The highest BCUT2D eigenvalue weighted by Crippen LogP contribution is 2.26. The van der Waals surface area contributed by atoms with Crippen LogP contribution in [0.15, 0.2) is 35.3 Å². The monoisotopic (exact) mass is 287 g/mol. The van der Waals surface area contributed by atoms with E-state index in [0.29, 0.717) is 12.0 Å². The van der Waals surface area contributed by atoms with Crippen LogP contribution in [0.25, 0.3) is 0 Å². The van der Waals surface area contributed by atoms with Crippen LogP contribution in [0.5, 0.6) is 0 Å². The number of ether oxygens (including phenoxy) is 1. The summed E-state index contributed by atoms with van der Waals surface area (Å²) in [6.45, 7) is 6.22. The zero-order valence-electron chi connectivity index (χ0n) is 12.8. The molecule has 2 aliphatic rings. The molecule has 1 aromatic rings. The van der Waals surface area contributed by atoms with Gasteiger partial charge in [0, 0.05) is 25.0 Å². The Morgan fingerprint density at radius 1 is 1.33 bits per heavy atom. The van der Waals surface area contributed by atoms with Crippen molar-refractivity contribution in [2.75, 3.05) is 26.2 Å². The number of benzene rings is 1. The zero-order valence-corrected chi connectivity index (χ0v) is 12.8. The maximum Gasteiger partial charge on any atom is 0.292 e. The van der Waals surface area contributed by atoms with Gasteiger partial charge in [-0.2, -0.15) is 4.99 Å². The van der Waals surface area contributed by atoms with E-state index < -0.39 is 0 Å². The van der Waals surface area contributed by atoms with Gasteiger partial charge in [0.2, 0.25) is 0 Å². The second-order valence-electron chi connectivity index (χ2n) is 5.91. The molecule has 2 fully saturated rings. The topological polar surface area (TPSA) is 36.9 Å². The molecule has 0 saturated carbocycles. The van der Waals surface area contributed by atoms with Crippen molar-refractivity contribution in [2.24, 2.45) is 10.9 Å². The molecule has 0 aromatic heterocycles. The van der Waals surface area contributed by atoms with Crippen LogP contribution in [0.2, 0.25) is 0 Å². The molecular formula is C17H25N3O. The zero-order chi connectivity index (χ0) is 14.5. The van der Waals surface area contributed by atoms with Crippen molar-refractivity contribution >= 4 is 11.7 Å². The van der Waals surface area contributed by atoms with Crippen molar-refractivity contribution in [3.05, 3.63) is 30.3 Å². The lowest BCUT2D eigenvalue weighted by Gasteiger charge is -2.45. The molecule has 0 bridgehead atoms. The Morgan fingerprint density at radius 3 is 3.00 bits per heavy atom. The third-order valence-electron chi connectivity index (χ3n) is 4.37. The smallest absolute Gasteiger partial charge is 0.292 e. The van der Waals surface area contributed by atoms with Gasteiger partial charge in [0.25, 0.3) is 6.02 Å². The van der Waals surface area contributed by atoms with E-state index in [0.717, 1.165) is 38.0 Å². The molecule has 3 rings (SSSR count). The van der Waals surface area contributed by atoms with Gasteiger partial charge in [-0.05, 0) is 31.5 Å². The molecular weight excluding hydrogens is 262 g/mol. The number of unbranched alkanes of at least 4 members (excludes halogenated alkanes) is 1. The number of amidine groups is 1. The summed E-state index contributed by atoms with van der Waals surface area (Å²) < 4.78 is 6.00. The van der Waals surface area contributed by atoms with Crippen molar-refractivity contribution in [3.8, 4) is 0 Å². The van der Waals surface area contributed by atoms with Crippen LogP contribution in [-0.2, 0) is 4.74 Å². The highest BCUT2D eigenvalue weighted by Gasteiger charge is 2.37. The average molecular weight is 287 g/mol. The maximum atomic E-state index is 6.00. The Hall–Kier alpha value is -1.55. The summed E-state index contributed by atoms with van der Waals surface area (Å²) in [4.78, 5) is 7.15. The van der Waals surface area contributed by atoms with Crippen molar-refractivity contribution in [2.45, 2.75) is 32.2 Å². The van der Waals surface area contributed by atoms with Gasteiger partial charge in [-0.3, -0.25) is 0 Å². The van der Waals surface area contributed by atoms with Crippen LogP contribution in [0.4, 0.5) is 5.69 Å². The van der Waals surface area contributed by atoms with Crippen molar-refractivity contribution in [1.82, 2.24) is 10.2 Å². The molecule has 0 spiro atoms. The molecule has 2 aliphatic heterocycles. The summed E-state index contributed by atoms with van der Waals surface area (Å²) >= 11 is 0. The van der Waals surface area contributed by atoms with Crippen LogP contribution in [0.3, 0.4) is 0 Å².